The molecular formula is C16H25NO4. The summed E-state index contributed by atoms with van der Waals surface area (Å²) in [6.07, 6.45) is 1.76. The molecule has 1 aromatic carbocycles. The predicted octanol–water partition coefficient (Wildman–Crippen LogP) is 2.41. The molecule has 0 radical (unpaired) electrons. The van der Waals surface area contributed by atoms with Crippen molar-refractivity contribution in [3.63, 3.8) is 0 Å². The molecule has 0 aliphatic carbocycles. The number of ether oxygens (including phenoxy) is 2. The molecule has 0 aliphatic rings. The molecule has 0 spiro atoms. The first-order valence-corrected chi connectivity index (χ1v) is 7.32. The fourth-order valence-electron chi connectivity index (χ4n) is 2.03. The van der Waals surface area contributed by atoms with E-state index in [1.807, 2.05) is 30.3 Å². The van der Waals surface area contributed by atoms with Gasteiger partial charge in [0, 0.05) is 38.9 Å². The van der Waals surface area contributed by atoms with Crippen molar-refractivity contribution in [2.75, 3.05) is 44.9 Å². The Bertz CT molecular complexity index is 383. The molecule has 5 heteroatoms. The third-order valence-electron chi connectivity index (χ3n) is 3.09. The van der Waals surface area contributed by atoms with Crippen molar-refractivity contribution < 1.29 is 19.4 Å². The van der Waals surface area contributed by atoms with Crippen LogP contribution in [0.25, 0.3) is 0 Å². The summed E-state index contributed by atoms with van der Waals surface area (Å²) >= 11 is 0. The Kier molecular flexibility index (Phi) is 9.24. The number of carboxylic acid groups (broad SMARTS) is 1. The average Bonchev–Trinajstić information content (AvgIpc) is 2.49. The molecule has 0 fully saturated rings. The molecule has 0 aliphatic heterocycles. The third-order valence-corrected chi connectivity index (χ3v) is 3.09. The highest BCUT2D eigenvalue weighted by Gasteiger charge is 2.07. The Balaban J connectivity index is 2.35. The lowest BCUT2D eigenvalue weighted by Crippen LogP contribution is -2.27. The minimum Gasteiger partial charge on any atom is -0.481 e. The molecule has 1 aromatic rings. The van der Waals surface area contributed by atoms with Crippen LogP contribution in [-0.4, -0.2) is 51.1 Å². The summed E-state index contributed by atoms with van der Waals surface area (Å²) in [5.41, 5.74) is 1.12. The van der Waals surface area contributed by atoms with E-state index >= 15 is 0 Å². The van der Waals surface area contributed by atoms with Crippen molar-refractivity contribution in [1.29, 1.82) is 0 Å². The van der Waals surface area contributed by atoms with Crippen molar-refractivity contribution in [3.8, 4) is 0 Å². The monoisotopic (exact) mass is 295 g/mol. The van der Waals surface area contributed by atoms with Crippen LogP contribution in [0, 0.1) is 0 Å². The zero-order valence-electron chi connectivity index (χ0n) is 12.7. The molecule has 1 rings (SSSR count). The van der Waals surface area contributed by atoms with Crippen LogP contribution in [0.3, 0.4) is 0 Å². The van der Waals surface area contributed by atoms with Gasteiger partial charge in [-0.05, 0) is 25.0 Å². The Morgan fingerprint density at radius 1 is 1.10 bits per heavy atom. The van der Waals surface area contributed by atoms with Crippen LogP contribution < -0.4 is 4.90 Å². The first kappa shape index (κ1) is 17.5. The molecule has 0 saturated carbocycles. The molecule has 21 heavy (non-hydrogen) atoms. The van der Waals surface area contributed by atoms with E-state index in [0.717, 1.165) is 25.2 Å². The van der Waals surface area contributed by atoms with Gasteiger partial charge in [-0.1, -0.05) is 18.2 Å². The highest BCUT2D eigenvalue weighted by Crippen LogP contribution is 2.14. The maximum atomic E-state index is 10.6. The largest absolute Gasteiger partial charge is 0.481 e. The summed E-state index contributed by atoms with van der Waals surface area (Å²) in [6.45, 7) is 3.51. The van der Waals surface area contributed by atoms with Crippen molar-refractivity contribution in [3.05, 3.63) is 30.3 Å². The van der Waals surface area contributed by atoms with Gasteiger partial charge in [0.25, 0.3) is 0 Å². The van der Waals surface area contributed by atoms with E-state index in [4.69, 9.17) is 14.6 Å². The Morgan fingerprint density at radius 2 is 1.81 bits per heavy atom. The van der Waals surface area contributed by atoms with Crippen molar-refractivity contribution >= 4 is 11.7 Å². The van der Waals surface area contributed by atoms with E-state index in [0.29, 0.717) is 26.2 Å². The van der Waals surface area contributed by atoms with Gasteiger partial charge in [-0.2, -0.15) is 0 Å². The van der Waals surface area contributed by atoms with E-state index in [1.165, 1.54) is 0 Å². The minimum absolute atomic E-state index is 0.202. The number of hydrogen-bond acceptors (Lipinski definition) is 4. The number of nitrogens with zero attached hydrogens (tertiary/aromatic N) is 1. The Morgan fingerprint density at radius 3 is 2.48 bits per heavy atom. The number of benzene rings is 1. The zero-order valence-corrected chi connectivity index (χ0v) is 12.7. The lowest BCUT2D eigenvalue weighted by atomic mass is 10.2. The first-order chi connectivity index (χ1) is 10.2. The van der Waals surface area contributed by atoms with Crippen LogP contribution in [0.5, 0.6) is 0 Å². The van der Waals surface area contributed by atoms with Gasteiger partial charge in [-0.25, -0.2) is 0 Å². The summed E-state index contributed by atoms with van der Waals surface area (Å²) in [6, 6.07) is 10.1. The van der Waals surface area contributed by atoms with Gasteiger partial charge in [0.05, 0.1) is 13.2 Å². The van der Waals surface area contributed by atoms with Crippen molar-refractivity contribution in [2.45, 2.75) is 19.3 Å². The summed E-state index contributed by atoms with van der Waals surface area (Å²) < 4.78 is 10.4. The maximum Gasteiger partial charge on any atom is 0.303 e. The summed E-state index contributed by atoms with van der Waals surface area (Å²) in [5, 5.41) is 8.74. The zero-order chi connectivity index (χ0) is 15.3. The Labute approximate surface area is 126 Å². The molecule has 0 heterocycles. The SMILES string of the molecule is COCCOCCCN(CCCC(=O)O)c1ccccc1. The number of carboxylic acids is 1. The molecular weight excluding hydrogens is 270 g/mol. The smallest absolute Gasteiger partial charge is 0.303 e. The molecule has 118 valence electrons. The quantitative estimate of drug-likeness (QED) is 0.600. The molecule has 0 atom stereocenters. The fourth-order valence-corrected chi connectivity index (χ4v) is 2.03. The third kappa shape index (κ3) is 8.32. The maximum absolute atomic E-state index is 10.6. The van der Waals surface area contributed by atoms with Crippen LogP contribution in [0.15, 0.2) is 30.3 Å². The first-order valence-electron chi connectivity index (χ1n) is 7.32. The molecule has 0 amide bonds. The standard InChI is InChI=1S/C16H25NO4/c1-20-13-14-21-12-6-11-17(10-5-9-16(18)19)15-7-3-2-4-8-15/h2-4,7-8H,5-6,9-14H2,1H3,(H,18,19). The fraction of sp³-hybridized carbons (Fsp3) is 0.562. The second kappa shape index (κ2) is 11.1. The highest BCUT2D eigenvalue weighted by molar-refractivity contribution is 5.66. The molecule has 0 saturated heterocycles. The summed E-state index contributed by atoms with van der Waals surface area (Å²) in [5.74, 6) is -0.745. The molecule has 0 unspecified atom stereocenters. The number of aliphatic carboxylic acids is 1. The number of anilines is 1. The van der Waals surface area contributed by atoms with Crippen LogP contribution in [0.4, 0.5) is 5.69 Å². The van der Waals surface area contributed by atoms with E-state index in [1.54, 1.807) is 7.11 Å². The van der Waals surface area contributed by atoms with Gasteiger partial charge in [-0.15, -0.1) is 0 Å². The van der Waals surface area contributed by atoms with E-state index in [2.05, 4.69) is 4.90 Å². The lowest BCUT2D eigenvalue weighted by Gasteiger charge is -2.24. The van der Waals surface area contributed by atoms with E-state index in [-0.39, 0.29) is 6.42 Å². The van der Waals surface area contributed by atoms with Crippen LogP contribution in [-0.2, 0) is 14.3 Å². The number of carbonyl (C=O) groups is 1. The second-order valence-electron chi connectivity index (χ2n) is 4.78. The predicted molar refractivity (Wildman–Crippen MR) is 82.8 cm³/mol. The van der Waals surface area contributed by atoms with Crippen LogP contribution in [0.2, 0.25) is 0 Å². The van der Waals surface area contributed by atoms with Gasteiger partial charge < -0.3 is 19.5 Å². The molecule has 0 bridgehead atoms. The van der Waals surface area contributed by atoms with Gasteiger partial charge in [0.15, 0.2) is 0 Å². The van der Waals surface area contributed by atoms with Crippen molar-refractivity contribution in [1.82, 2.24) is 0 Å². The van der Waals surface area contributed by atoms with Gasteiger partial charge >= 0.3 is 5.97 Å². The normalized spacial score (nSPS) is 10.5. The van der Waals surface area contributed by atoms with E-state index < -0.39 is 5.97 Å². The number of para-hydroxylation sites is 1. The van der Waals surface area contributed by atoms with Crippen LogP contribution in [0.1, 0.15) is 19.3 Å². The molecule has 5 nitrogen and oxygen atoms in total. The van der Waals surface area contributed by atoms with Gasteiger partial charge in [0.2, 0.25) is 0 Å². The van der Waals surface area contributed by atoms with Gasteiger partial charge in [0.1, 0.15) is 0 Å². The summed E-state index contributed by atoms with van der Waals surface area (Å²) in [7, 11) is 1.66. The second-order valence-corrected chi connectivity index (χ2v) is 4.78. The Hall–Kier alpha value is -1.59. The number of rotatable bonds is 12. The summed E-state index contributed by atoms with van der Waals surface area (Å²) in [4.78, 5) is 12.8. The minimum atomic E-state index is -0.745. The van der Waals surface area contributed by atoms with E-state index in [9.17, 15) is 4.79 Å². The lowest BCUT2D eigenvalue weighted by molar-refractivity contribution is -0.137. The number of methoxy groups -OCH3 is 1. The number of hydrogen-bond donors (Lipinski definition) is 1. The highest BCUT2D eigenvalue weighted by atomic mass is 16.5. The van der Waals surface area contributed by atoms with Crippen LogP contribution >= 0.6 is 0 Å². The topological polar surface area (TPSA) is 59.0 Å². The van der Waals surface area contributed by atoms with Crippen molar-refractivity contribution in [2.24, 2.45) is 0 Å². The molecule has 0 aromatic heterocycles. The van der Waals surface area contributed by atoms with Gasteiger partial charge in [-0.3, -0.25) is 4.79 Å². The average molecular weight is 295 g/mol. The molecule has 1 N–H and O–H groups in total.